The van der Waals surface area contributed by atoms with E-state index in [0.717, 1.165) is 0 Å². The van der Waals surface area contributed by atoms with Crippen LogP contribution in [0.4, 0.5) is 0 Å². The molecule has 0 spiro atoms. The fraction of sp³-hybridized carbons (Fsp3) is 0.429. The second-order valence-electron chi connectivity index (χ2n) is 4.58. The summed E-state index contributed by atoms with van der Waals surface area (Å²) in [5, 5.41) is 13.2. The zero-order chi connectivity index (χ0) is 15.1. The van der Waals surface area contributed by atoms with Crippen molar-refractivity contribution < 1.29 is 24.2 Å². The van der Waals surface area contributed by atoms with Crippen molar-refractivity contribution in [1.29, 1.82) is 0 Å². The Balaban J connectivity index is 2.52. The van der Waals surface area contributed by atoms with E-state index in [1.54, 1.807) is 38.1 Å². The highest BCUT2D eigenvalue weighted by molar-refractivity contribution is 5.83. The predicted molar refractivity (Wildman–Crippen MR) is 70.3 cm³/mol. The van der Waals surface area contributed by atoms with Gasteiger partial charge in [0.15, 0.2) is 6.61 Å². The highest BCUT2D eigenvalue weighted by atomic mass is 16.5. The molecule has 1 aromatic carbocycles. The van der Waals surface area contributed by atoms with E-state index in [-0.39, 0.29) is 12.5 Å². The van der Waals surface area contributed by atoms with Gasteiger partial charge in [0.05, 0.1) is 19.1 Å². The standard InChI is InChI=1S/C14H19NO5/c1-9(2)13(14(17)18)15-12(16)8-20-11-6-4-5-10(7-11)19-3/h4-7,9,13H,8H2,1-3H3,(H,15,16)(H,17,18)/p-1/t13-/m0/s1. The molecular formula is C14H18NO5-. The highest BCUT2D eigenvalue weighted by Gasteiger charge is 2.17. The molecule has 1 N–H and O–H groups in total. The van der Waals surface area contributed by atoms with E-state index in [2.05, 4.69) is 5.32 Å². The smallest absolute Gasteiger partial charge is 0.258 e. The molecule has 1 rings (SSSR count). The lowest BCUT2D eigenvalue weighted by atomic mass is 10.1. The van der Waals surface area contributed by atoms with Crippen LogP contribution < -0.4 is 19.9 Å². The van der Waals surface area contributed by atoms with Crippen LogP contribution in [0.5, 0.6) is 11.5 Å². The first kappa shape index (κ1) is 15.8. The first-order valence-electron chi connectivity index (χ1n) is 6.21. The number of aliphatic carboxylic acids is 1. The molecule has 110 valence electrons. The molecule has 0 saturated heterocycles. The van der Waals surface area contributed by atoms with Crippen LogP contribution in [-0.2, 0) is 9.59 Å². The maximum atomic E-state index is 11.6. The van der Waals surface area contributed by atoms with Gasteiger partial charge in [-0.05, 0) is 18.1 Å². The zero-order valence-corrected chi connectivity index (χ0v) is 11.7. The molecule has 6 heteroatoms. The Hall–Kier alpha value is -2.24. The van der Waals surface area contributed by atoms with Crippen LogP contribution in [0.3, 0.4) is 0 Å². The Kier molecular flexibility index (Phi) is 5.83. The Bertz CT molecular complexity index is 472. The third-order valence-corrected chi connectivity index (χ3v) is 2.65. The molecule has 1 aromatic rings. The summed E-state index contributed by atoms with van der Waals surface area (Å²) in [6, 6.07) is 5.75. The maximum Gasteiger partial charge on any atom is 0.258 e. The molecule has 0 saturated carbocycles. The van der Waals surface area contributed by atoms with Gasteiger partial charge in [-0.15, -0.1) is 0 Å². The Morgan fingerprint density at radius 3 is 2.50 bits per heavy atom. The van der Waals surface area contributed by atoms with Crippen LogP contribution in [-0.4, -0.2) is 31.6 Å². The van der Waals surface area contributed by atoms with Gasteiger partial charge in [-0.2, -0.15) is 0 Å². The third-order valence-electron chi connectivity index (χ3n) is 2.65. The average Bonchev–Trinajstić information content (AvgIpc) is 2.42. The first-order chi connectivity index (χ1) is 9.43. The molecule has 6 nitrogen and oxygen atoms in total. The van der Waals surface area contributed by atoms with E-state index >= 15 is 0 Å². The largest absolute Gasteiger partial charge is 0.548 e. The van der Waals surface area contributed by atoms with Crippen LogP contribution in [0.25, 0.3) is 0 Å². The first-order valence-corrected chi connectivity index (χ1v) is 6.21. The molecule has 0 bridgehead atoms. The summed E-state index contributed by atoms with van der Waals surface area (Å²) in [5.74, 6) is -1.02. The summed E-state index contributed by atoms with van der Waals surface area (Å²) < 4.78 is 10.3. The molecule has 1 atom stereocenters. The molecule has 0 aromatic heterocycles. The number of hydrogen-bond acceptors (Lipinski definition) is 5. The summed E-state index contributed by atoms with van der Waals surface area (Å²) >= 11 is 0. The van der Waals surface area contributed by atoms with Crippen LogP contribution in [0.1, 0.15) is 13.8 Å². The zero-order valence-electron chi connectivity index (χ0n) is 11.7. The number of methoxy groups -OCH3 is 1. The van der Waals surface area contributed by atoms with Crippen molar-refractivity contribution >= 4 is 11.9 Å². The van der Waals surface area contributed by atoms with Crippen molar-refractivity contribution in [1.82, 2.24) is 5.32 Å². The Morgan fingerprint density at radius 1 is 1.30 bits per heavy atom. The monoisotopic (exact) mass is 280 g/mol. The van der Waals surface area contributed by atoms with Crippen molar-refractivity contribution in [2.75, 3.05) is 13.7 Å². The van der Waals surface area contributed by atoms with Crippen molar-refractivity contribution in [2.45, 2.75) is 19.9 Å². The summed E-state index contributed by atoms with van der Waals surface area (Å²) in [4.78, 5) is 22.5. The second kappa shape index (κ2) is 7.37. The maximum absolute atomic E-state index is 11.6. The van der Waals surface area contributed by atoms with E-state index in [9.17, 15) is 14.7 Å². The molecule has 0 heterocycles. The number of carbonyl (C=O) groups is 2. The van der Waals surface area contributed by atoms with Gasteiger partial charge in [0.25, 0.3) is 5.91 Å². The van der Waals surface area contributed by atoms with Gasteiger partial charge in [0, 0.05) is 6.07 Å². The van der Waals surface area contributed by atoms with Gasteiger partial charge in [-0.1, -0.05) is 19.9 Å². The fourth-order valence-corrected chi connectivity index (χ4v) is 1.55. The number of carboxylic acid groups (broad SMARTS) is 1. The van der Waals surface area contributed by atoms with E-state index in [4.69, 9.17) is 9.47 Å². The lowest BCUT2D eigenvalue weighted by Gasteiger charge is -2.23. The molecule has 0 unspecified atom stereocenters. The normalized spacial score (nSPS) is 11.8. The number of nitrogens with one attached hydrogen (secondary N) is 1. The molecular weight excluding hydrogens is 262 g/mol. The SMILES string of the molecule is COc1cccc(OCC(=O)N[C@H](C(=O)[O-])C(C)C)c1. The topological polar surface area (TPSA) is 87.7 Å². The van der Waals surface area contributed by atoms with Crippen LogP contribution >= 0.6 is 0 Å². The number of amides is 1. The van der Waals surface area contributed by atoms with E-state index in [0.29, 0.717) is 11.5 Å². The number of benzene rings is 1. The summed E-state index contributed by atoms with van der Waals surface area (Å²) in [7, 11) is 1.53. The number of hydrogen-bond donors (Lipinski definition) is 1. The van der Waals surface area contributed by atoms with E-state index in [1.807, 2.05) is 0 Å². The number of rotatable bonds is 7. The van der Waals surface area contributed by atoms with Gasteiger partial charge in [0.2, 0.25) is 0 Å². The summed E-state index contributed by atoms with van der Waals surface area (Å²) in [5.41, 5.74) is 0. The van der Waals surface area contributed by atoms with Crippen molar-refractivity contribution in [3.63, 3.8) is 0 Å². The number of carbonyl (C=O) groups excluding carboxylic acids is 2. The van der Waals surface area contributed by atoms with E-state index < -0.39 is 17.9 Å². The molecule has 0 radical (unpaired) electrons. The lowest BCUT2D eigenvalue weighted by Crippen LogP contribution is -2.51. The summed E-state index contributed by atoms with van der Waals surface area (Å²) in [6.07, 6.45) is 0. The fourth-order valence-electron chi connectivity index (χ4n) is 1.55. The average molecular weight is 280 g/mol. The summed E-state index contributed by atoms with van der Waals surface area (Å²) in [6.45, 7) is 3.09. The van der Waals surface area contributed by atoms with Gasteiger partial charge >= 0.3 is 0 Å². The molecule has 0 aliphatic heterocycles. The third kappa shape index (κ3) is 4.79. The molecule has 20 heavy (non-hydrogen) atoms. The van der Waals surface area contributed by atoms with Gasteiger partial charge in [0.1, 0.15) is 11.5 Å². The minimum atomic E-state index is -1.31. The Morgan fingerprint density at radius 2 is 1.95 bits per heavy atom. The molecule has 0 fully saturated rings. The van der Waals surface area contributed by atoms with Gasteiger partial charge in [-0.25, -0.2) is 0 Å². The predicted octanol–water partition coefficient (Wildman–Crippen LogP) is -0.0353. The number of ether oxygens (including phenoxy) is 2. The van der Waals surface area contributed by atoms with Crippen molar-refractivity contribution in [3.8, 4) is 11.5 Å². The molecule has 0 aliphatic carbocycles. The lowest BCUT2D eigenvalue weighted by molar-refractivity contribution is -0.309. The van der Waals surface area contributed by atoms with Crippen LogP contribution in [0.15, 0.2) is 24.3 Å². The Labute approximate surface area is 117 Å². The van der Waals surface area contributed by atoms with Crippen molar-refractivity contribution in [2.24, 2.45) is 5.92 Å². The van der Waals surface area contributed by atoms with E-state index in [1.165, 1.54) is 7.11 Å². The van der Waals surface area contributed by atoms with Gasteiger partial charge < -0.3 is 24.7 Å². The minimum Gasteiger partial charge on any atom is -0.548 e. The van der Waals surface area contributed by atoms with Gasteiger partial charge in [-0.3, -0.25) is 4.79 Å². The highest BCUT2D eigenvalue weighted by Crippen LogP contribution is 2.18. The second-order valence-corrected chi connectivity index (χ2v) is 4.58. The number of carboxylic acids is 1. The van der Waals surface area contributed by atoms with Crippen molar-refractivity contribution in [3.05, 3.63) is 24.3 Å². The van der Waals surface area contributed by atoms with Crippen LogP contribution in [0, 0.1) is 5.92 Å². The molecule has 0 aliphatic rings. The van der Waals surface area contributed by atoms with Crippen LogP contribution in [0.2, 0.25) is 0 Å². The quantitative estimate of drug-likeness (QED) is 0.757. The minimum absolute atomic E-state index is 0.263. The molecule has 1 amide bonds.